The predicted octanol–water partition coefficient (Wildman–Crippen LogP) is 3.75. The van der Waals surface area contributed by atoms with Crippen LogP contribution in [0.3, 0.4) is 0 Å². The third kappa shape index (κ3) is 4.26. The lowest BCUT2D eigenvalue weighted by Crippen LogP contribution is -2.57. The fourth-order valence-corrected chi connectivity index (χ4v) is 5.18. The first kappa shape index (κ1) is 19.9. The topological polar surface area (TPSA) is 43.8 Å². The average molecular weight is 490 g/mol. The number of aliphatic hydroxyl groups excluding tert-OH is 1. The molecule has 0 spiro atoms. The largest absolute Gasteiger partial charge is 0.391 e. The van der Waals surface area contributed by atoms with Gasteiger partial charge in [-0.25, -0.2) is 0 Å². The molecule has 2 fully saturated rings. The second-order valence-corrected chi connectivity index (χ2v) is 9.04. The molecule has 0 bridgehead atoms. The molecule has 0 aromatic heterocycles. The highest BCUT2D eigenvalue weighted by atomic mass is 127. The van der Waals surface area contributed by atoms with Gasteiger partial charge in [-0.15, -0.1) is 0 Å². The van der Waals surface area contributed by atoms with Crippen molar-refractivity contribution in [3.8, 4) is 0 Å². The Kier molecular flexibility index (Phi) is 6.33. The van der Waals surface area contributed by atoms with Gasteiger partial charge in [-0.1, -0.05) is 42.5 Å². The summed E-state index contributed by atoms with van der Waals surface area (Å²) >= 11 is 2.22. The van der Waals surface area contributed by atoms with Crippen LogP contribution in [0.15, 0.2) is 54.6 Å². The maximum atomic E-state index is 13.0. The maximum absolute atomic E-state index is 13.0. The number of hydrogen-bond donors (Lipinski definition) is 1. The number of amides is 1. The molecule has 1 amide bonds. The van der Waals surface area contributed by atoms with Crippen LogP contribution in [0.2, 0.25) is 0 Å². The minimum absolute atomic E-state index is 0.0378. The van der Waals surface area contributed by atoms with E-state index < -0.39 is 0 Å². The van der Waals surface area contributed by atoms with Crippen LogP contribution >= 0.6 is 22.6 Å². The van der Waals surface area contributed by atoms with Crippen LogP contribution in [-0.4, -0.2) is 59.1 Å². The number of rotatable bonds is 3. The highest BCUT2D eigenvalue weighted by Gasteiger charge is 2.36. The van der Waals surface area contributed by atoms with Gasteiger partial charge >= 0.3 is 0 Å². The van der Waals surface area contributed by atoms with Crippen molar-refractivity contribution in [2.75, 3.05) is 26.2 Å². The van der Waals surface area contributed by atoms with Crippen molar-refractivity contribution in [2.24, 2.45) is 0 Å². The molecule has 2 saturated heterocycles. The molecule has 2 aliphatic heterocycles. The zero-order chi connectivity index (χ0) is 19.5. The number of likely N-dealkylation sites (tertiary alicyclic amines) is 2. The third-order valence-corrected chi connectivity index (χ3v) is 7.15. The van der Waals surface area contributed by atoms with E-state index in [9.17, 15) is 9.90 Å². The van der Waals surface area contributed by atoms with E-state index in [0.717, 1.165) is 35.1 Å². The fourth-order valence-electron chi connectivity index (χ4n) is 4.56. The molecule has 2 heterocycles. The van der Waals surface area contributed by atoms with Gasteiger partial charge in [0.05, 0.1) is 17.7 Å². The fraction of sp³-hybridized carbons (Fsp3) is 0.435. The van der Waals surface area contributed by atoms with Crippen LogP contribution in [0.1, 0.15) is 41.1 Å². The molecule has 4 nitrogen and oxygen atoms in total. The Labute approximate surface area is 180 Å². The van der Waals surface area contributed by atoms with E-state index in [-0.39, 0.29) is 18.1 Å². The number of halogens is 1. The van der Waals surface area contributed by atoms with Crippen LogP contribution < -0.4 is 0 Å². The molecule has 0 unspecified atom stereocenters. The molecule has 2 aromatic rings. The second kappa shape index (κ2) is 8.93. The number of aliphatic hydroxyl groups is 1. The smallest absolute Gasteiger partial charge is 0.254 e. The lowest BCUT2D eigenvalue weighted by molar-refractivity contribution is -0.0155. The van der Waals surface area contributed by atoms with Gasteiger partial charge in [-0.05, 0) is 78.6 Å². The monoisotopic (exact) mass is 490 g/mol. The number of carbonyl (C=O) groups excluding carboxylic acids is 1. The first-order valence-corrected chi connectivity index (χ1v) is 11.2. The standard InChI is InChI=1S/C23H27IN2O2/c24-20-9-5-4-8-19(20)23(28)26-15-12-22(27)21(16-26)25-13-10-18(11-14-25)17-6-2-1-3-7-17/h1-9,18,21-22,27H,10-16H2/t21-,22-/m1/s1. The molecule has 0 aliphatic carbocycles. The van der Waals surface area contributed by atoms with Gasteiger partial charge in [0.2, 0.25) is 0 Å². The van der Waals surface area contributed by atoms with E-state index >= 15 is 0 Å². The molecular formula is C23H27IN2O2. The summed E-state index contributed by atoms with van der Waals surface area (Å²) in [5.41, 5.74) is 2.18. The lowest BCUT2D eigenvalue weighted by Gasteiger charge is -2.45. The van der Waals surface area contributed by atoms with E-state index in [2.05, 4.69) is 57.8 Å². The van der Waals surface area contributed by atoms with Gasteiger partial charge in [-0.2, -0.15) is 0 Å². The summed E-state index contributed by atoms with van der Waals surface area (Å²) in [6.45, 7) is 3.20. The molecule has 5 heteroatoms. The van der Waals surface area contributed by atoms with Gasteiger partial charge in [0.25, 0.3) is 5.91 Å². The van der Waals surface area contributed by atoms with Crippen molar-refractivity contribution >= 4 is 28.5 Å². The van der Waals surface area contributed by atoms with Crippen LogP contribution in [0, 0.1) is 3.57 Å². The number of benzene rings is 2. The Morgan fingerprint density at radius 2 is 1.61 bits per heavy atom. The molecular weight excluding hydrogens is 463 g/mol. The number of nitrogens with zero attached hydrogens (tertiary/aromatic N) is 2. The molecule has 4 rings (SSSR count). The molecule has 148 valence electrons. The summed E-state index contributed by atoms with van der Waals surface area (Å²) in [7, 11) is 0. The van der Waals surface area contributed by atoms with Gasteiger partial charge < -0.3 is 10.0 Å². The Morgan fingerprint density at radius 3 is 2.32 bits per heavy atom. The minimum Gasteiger partial charge on any atom is -0.391 e. The quantitative estimate of drug-likeness (QED) is 0.667. The van der Waals surface area contributed by atoms with Crippen LogP contribution in [0.4, 0.5) is 0 Å². The van der Waals surface area contributed by atoms with Crippen LogP contribution in [0.25, 0.3) is 0 Å². The van der Waals surface area contributed by atoms with E-state index in [4.69, 9.17) is 0 Å². The number of piperidine rings is 2. The summed E-state index contributed by atoms with van der Waals surface area (Å²) in [6.07, 6.45) is 2.51. The first-order valence-electron chi connectivity index (χ1n) is 10.1. The molecule has 28 heavy (non-hydrogen) atoms. The van der Waals surface area contributed by atoms with E-state index in [1.807, 2.05) is 29.2 Å². The molecule has 0 saturated carbocycles. The first-order chi connectivity index (χ1) is 13.6. The molecule has 2 aliphatic rings. The Balaban J connectivity index is 1.40. The number of hydrogen-bond acceptors (Lipinski definition) is 3. The summed E-state index contributed by atoms with van der Waals surface area (Å²) < 4.78 is 0.983. The van der Waals surface area contributed by atoms with Crippen molar-refractivity contribution in [1.29, 1.82) is 0 Å². The van der Waals surface area contributed by atoms with Gasteiger partial charge in [0.15, 0.2) is 0 Å². The normalized spacial score (nSPS) is 24.3. The molecule has 0 radical (unpaired) electrons. The third-order valence-electron chi connectivity index (χ3n) is 6.21. The predicted molar refractivity (Wildman–Crippen MR) is 119 cm³/mol. The number of carbonyl (C=O) groups is 1. The summed E-state index contributed by atoms with van der Waals surface area (Å²) in [4.78, 5) is 17.3. The van der Waals surface area contributed by atoms with Gasteiger partial charge in [0, 0.05) is 16.7 Å². The van der Waals surface area contributed by atoms with Crippen molar-refractivity contribution < 1.29 is 9.90 Å². The van der Waals surface area contributed by atoms with Crippen LogP contribution in [0.5, 0.6) is 0 Å². The van der Waals surface area contributed by atoms with Gasteiger partial charge in [-0.3, -0.25) is 9.69 Å². The second-order valence-electron chi connectivity index (χ2n) is 7.88. The summed E-state index contributed by atoms with van der Waals surface area (Å²) in [5, 5.41) is 10.6. The Bertz CT molecular complexity index is 805. The minimum atomic E-state index is -0.354. The van der Waals surface area contributed by atoms with E-state index in [1.54, 1.807) is 0 Å². The SMILES string of the molecule is O=C(c1ccccc1I)N1CC[C@@H](O)[C@H](N2CCC(c3ccccc3)CC2)C1. The maximum Gasteiger partial charge on any atom is 0.254 e. The van der Waals surface area contributed by atoms with Crippen LogP contribution in [-0.2, 0) is 0 Å². The van der Waals surface area contributed by atoms with Crippen molar-refractivity contribution in [2.45, 2.75) is 37.3 Å². The lowest BCUT2D eigenvalue weighted by atomic mass is 9.88. The average Bonchev–Trinajstić information content (AvgIpc) is 2.75. The van der Waals surface area contributed by atoms with Gasteiger partial charge in [0.1, 0.15) is 0 Å². The zero-order valence-electron chi connectivity index (χ0n) is 16.0. The van der Waals surface area contributed by atoms with Crippen molar-refractivity contribution in [3.05, 3.63) is 69.3 Å². The summed E-state index contributed by atoms with van der Waals surface area (Å²) in [6, 6.07) is 18.5. The Morgan fingerprint density at radius 1 is 0.929 bits per heavy atom. The van der Waals surface area contributed by atoms with E-state index in [1.165, 1.54) is 5.56 Å². The molecule has 2 atom stereocenters. The van der Waals surface area contributed by atoms with E-state index in [0.29, 0.717) is 25.4 Å². The molecule has 1 N–H and O–H groups in total. The molecule has 2 aromatic carbocycles. The highest BCUT2D eigenvalue weighted by molar-refractivity contribution is 14.1. The Hall–Kier alpha value is -1.44. The summed E-state index contributed by atoms with van der Waals surface area (Å²) in [5.74, 6) is 0.683. The van der Waals surface area contributed by atoms with Crippen molar-refractivity contribution in [3.63, 3.8) is 0 Å². The zero-order valence-corrected chi connectivity index (χ0v) is 18.2. The highest BCUT2D eigenvalue weighted by Crippen LogP contribution is 2.30. The van der Waals surface area contributed by atoms with Crippen molar-refractivity contribution in [1.82, 2.24) is 9.80 Å².